The van der Waals surface area contributed by atoms with Gasteiger partial charge in [-0.15, -0.1) is 0 Å². The van der Waals surface area contributed by atoms with Crippen LogP contribution in [0.15, 0.2) is 34.2 Å². The maximum Gasteiger partial charge on any atom is 0.333 e. The summed E-state index contributed by atoms with van der Waals surface area (Å²) in [6, 6.07) is 0.464. The number of amides is 3. The molecule has 3 amide bonds. The highest BCUT2D eigenvalue weighted by Gasteiger charge is 2.35. The number of thiophene rings is 1. The topological polar surface area (TPSA) is 114 Å². The first-order valence-electron chi connectivity index (χ1n) is 11.2. The van der Waals surface area contributed by atoms with E-state index in [9.17, 15) is 19.2 Å². The van der Waals surface area contributed by atoms with Gasteiger partial charge in [0.15, 0.2) is 0 Å². The molecule has 2 atom stereocenters. The lowest BCUT2D eigenvalue weighted by atomic mass is 9.85. The molecule has 1 aromatic heterocycles. The van der Waals surface area contributed by atoms with Crippen LogP contribution in [0.1, 0.15) is 61.0 Å². The van der Waals surface area contributed by atoms with Crippen LogP contribution < -0.4 is 16.0 Å². The number of carbonyl (C=O) groups is 4. The lowest BCUT2D eigenvalue weighted by Crippen LogP contribution is -2.56. The summed E-state index contributed by atoms with van der Waals surface area (Å²) in [4.78, 5) is 50.1. The van der Waals surface area contributed by atoms with E-state index in [4.69, 9.17) is 4.74 Å². The van der Waals surface area contributed by atoms with Gasteiger partial charge in [0, 0.05) is 12.5 Å². The first-order chi connectivity index (χ1) is 15.8. The Balaban J connectivity index is 3.16. The molecule has 0 saturated heterocycles. The van der Waals surface area contributed by atoms with Gasteiger partial charge in [0.1, 0.15) is 11.7 Å². The van der Waals surface area contributed by atoms with Crippen LogP contribution in [0.4, 0.5) is 0 Å². The number of carbonyl (C=O) groups excluding carboxylic acids is 4. The van der Waals surface area contributed by atoms with Crippen molar-refractivity contribution in [3.63, 3.8) is 0 Å². The van der Waals surface area contributed by atoms with Gasteiger partial charge >= 0.3 is 5.97 Å². The molecule has 8 nitrogen and oxygen atoms in total. The third-order valence-corrected chi connectivity index (χ3v) is 5.57. The molecule has 188 valence electrons. The molecule has 0 aliphatic heterocycles. The van der Waals surface area contributed by atoms with Crippen LogP contribution in [-0.2, 0) is 23.9 Å². The third kappa shape index (κ3) is 9.51. The summed E-state index contributed by atoms with van der Waals surface area (Å²) in [7, 11) is 0. The molecule has 0 aliphatic rings. The van der Waals surface area contributed by atoms with Gasteiger partial charge in [-0.1, -0.05) is 40.7 Å². The molecule has 1 aromatic rings. The predicted molar refractivity (Wildman–Crippen MR) is 135 cm³/mol. The fourth-order valence-corrected chi connectivity index (χ4v) is 3.60. The fourth-order valence-electron chi connectivity index (χ4n) is 2.99. The van der Waals surface area contributed by atoms with Crippen molar-refractivity contribution in [2.45, 2.75) is 67.5 Å². The Hall–Kier alpha value is -2.94. The summed E-state index contributed by atoms with van der Waals surface area (Å²) in [6.07, 6.45) is 3.23. The van der Waals surface area contributed by atoms with Gasteiger partial charge < -0.3 is 20.7 Å². The van der Waals surface area contributed by atoms with E-state index in [1.807, 2.05) is 51.4 Å². The zero-order valence-electron chi connectivity index (χ0n) is 21.3. The van der Waals surface area contributed by atoms with Crippen LogP contribution in [0, 0.1) is 11.3 Å². The van der Waals surface area contributed by atoms with Crippen LogP contribution in [-0.4, -0.2) is 42.4 Å². The van der Waals surface area contributed by atoms with Crippen molar-refractivity contribution in [2.75, 3.05) is 6.61 Å². The normalized spacial score (nSPS) is 14.3. The van der Waals surface area contributed by atoms with E-state index in [1.165, 1.54) is 18.3 Å². The summed E-state index contributed by atoms with van der Waals surface area (Å²) in [5.41, 5.74) is 0.570. The average molecular weight is 492 g/mol. The van der Waals surface area contributed by atoms with E-state index in [0.29, 0.717) is 5.57 Å². The summed E-state index contributed by atoms with van der Waals surface area (Å²) < 4.78 is 5.03. The summed E-state index contributed by atoms with van der Waals surface area (Å²) in [5, 5.41) is 12.0. The van der Waals surface area contributed by atoms with Crippen molar-refractivity contribution >= 4 is 41.1 Å². The molecule has 1 rings (SSSR count). The molecule has 0 aliphatic carbocycles. The number of hydrogen-bond donors (Lipinski definition) is 3. The van der Waals surface area contributed by atoms with Crippen molar-refractivity contribution < 1.29 is 23.9 Å². The maximum absolute atomic E-state index is 13.3. The summed E-state index contributed by atoms with van der Waals surface area (Å²) >= 11 is 1.46. The van der Waals surface area contributed by atoms with Crippen LogP contribution in [0.2, 0.25) is 0 Å². The first-order valence-corrected chi connectivity index (χ1v) is 12.2. The number of esters is 1. The maximum atomic E-state index is 13.3. The van der Waals surface area contributed by atoms with E-state index in [-0.39, 0.29) is 18.2 Å². The van der Waals surface area contributed by atoms with E-state index < -0.39 is 41.2 Å². The largest absolute Gasteiger partial charge is 0.463 e. The molecule has 34 heavy (non-hydrogen) atoms. The van der Waals surface area contributed by atoms with Gasteiger partial charge in [-0.2, -0.15) is 11.3 Å². The molecule has 0 radical (unpaired) electrons. The number of ether oxygens (including phenoxy) is 1. The molecule has 1 heterocycles. The molecule has 9 heteroatoms. The van der Waals surface area contributed by atoms with Crippen LogP contribution in [0.25, 0.3) is 6.08 Å². The minimum atomic E-state index is -0.905. The zero-order valence-corrected chi connectivity index (χ0v) is 22.1. The molecule has 0 bridgehead atoms. The zero-order chi connectivity index (χ0) is 26.1. The highest BCUT2D eigenvalue weighted by molar-refractivity contribution is 7.08. The van der Waals surface area contributed by atoms with Crippen molar-refractivity contribution in [2.24, 2.45) is 11.3 Å². The number of nitrogens with one attached hydrogen (secondary N) is 3. The molecule has 0 unspecified atom stereocenters. The minimum Gasteiger partial charge on any atom is -0.463 e. The van der Waals surface area contributed by atoms with E-state index in [0.717, 1.165) is 5.56 Å². The smallest absolute Gasteiger partial charge is 0.333 e. The van der Waals surface area contributed by atoms with E-state index >= 15 is 0 Å². The second kappa shape index (κ2) is 13.1. The molecule has 0 saturated carbocycles. The molecule has 0 spiro atoms. The molecule has 3 N–H and O–H groups in total. The van der Waals surface area contributed by atoms with Gasteiger partial charge in [-0.05, 0) is 53.6 Å². The van der Waals surface area contributed by atoms with Crippen LogP contribution >= 0.6 is 11.3 Å². The monoisotopic (exact) mass is 491 g/mol. The van der Waals surface area contributed by atoms with Crippen LogP contribution in [0.5, 0.6) is 0 Å². The van der Waals surface area contributed by atoms with Gasteiger partial charge in [-0.25, -0.2) is 4.79 Å². The summed E-state index contributed by atoms with van der Waals surface area (Å²) in [6.45, 7) is 14.3. The Bertz CT molecular complexity index is 927. The fraction of sp³-hybridized carbons (Fsp3) is 0.520. The van der Waals surface area contributed by atoms with Crippen molar-refractivity contribution in [1.82, 2.24) is 16.0 Å². The van der Waals surface area contributed by atoms with Gasteiger partial charge in [0.25, 0.3) is 5.91 Å². The van der Waals surface area contributed by atoms with Gasteiger partial charge in [-0.3, -0.25) is 14.4 Å². The van der Waals surface area contributed by atoms with Crippen molar-refractivity contribution in [3.05, 3.63) is 39.7 Å². The molecule has 0 fully saturated rings. The Morgan fingerprint density at radius 3 is 2.24 bits per heavy atom. The van der Waals surface area contributed by atoms with Crippen molar-refractivity contribution in [1.29, 1.82) is 0 Å². The second-order valence-electron chi connectivity index (χ2n) is 9.42. The standard InChI is InChI=1S/C25H37N3O5S/c1-9-33-24(32)16(4)12-19(15(2)3)27-23(31)21(25(6,7)8)28-22(30)20(26-17(5)29)13-18-10-11-34-14-18/h10-15,19,21H,9H2,1-8H3,(H,26,29)(H,27,31)(H,28,30)/b16-12+,20-13-/t19-,21-/m1/s1. The predicted octanol–water partition coefficient (Wildman–Crippen LogP) is 3.41. The number of rotatable bonds is 10. The Labute approximate surface area is 206 Å². The van der Waals surface area contributed by atoms with Gasteiger partial charge in [0.2, 0.25) is 11.8 Å². The van der Waals surface area contributed by atoms with Crippen molar-refractivity contribution in [3.8, 4) is 0 Å². The quantitative estimate of drug-likeness (QED) is 0.343. The Morgan fingerprint density at radius 1 is 1.12 bits per heavy atom. The van der Waals surface area contributed by atoms with E-state index in [1.54, 1.807) is 26.0 Å². The number of hydrogen-bond acceptors (Lipinski definition) is 6. The molecule has 0 aromatic carbocycles. The highest BCUT2D eigenvalue weighted by Crippen LogP contribution is 2.21. The first kappa shape index (κ1) is 29.1. The lowest BCUT2D eigenvalue weighted by molar-refractivity contribution is -0.138. The van der Waals surface area contributed by atoms with E-state index in [2.05, 4.69) is 16.0 Å². The minimum absolute atomic E-state index is 0.0157. The Kier molecular flexibility index (Phi) is 11.2. The summed E-state index contributed by atoms with van der Waals surface area (Å²) in [5.74, 6) is -1.83. The highest BCUT2D eigenvalue weighted by atomic mass is 32.1. The third-order valence-electron chi connectivity index (χ3n) is 4.87. The molecular formula is C25H37N3O5S. The Morgan fingerprint density at radius 2 is 1.76 bits per heavy atom. The lowest BCUT2D eigenvalue weighted by Gasteiger charge is -2.32. The molecular weight excluding hydrogens is 454 g/mol. The second-order valence-corrected chi connectivity index (χ2v) is 10.2. The van der Waals surface area contributed by atoms with Gasteiger partial charge in [0.05, 0.1) is 12.6 Å². The van der Waals surface area contributed by atoms with Crippen LogP contribution in [0.3, 0.4) is 0 Å². The SMILES string of the molecule is CCOC(=O)/C(C)=C/[C@@H](NC(=O)[C@@H](NC(=O)/C(=C/c1ccsc1)NC(C)=O)C(C)(C)C)C(C)C. The average Bonchev–Trinajstić information content (AvgIpc) is 3.22.